The first-order valence-corrected chi connectivity index (χ1v) is 15.3. The molecule has 0 radical (unpaired) electrons. The Hall–Kier alpha value is -1.42. The van der Waals surface area contributed by atoms with Crippen molar-refractivity contribution in [2.24, 2.45) is 0 Å². The van der Waals surface area contributed by atoms with Gasteiger partial charge in [0.2, 0.25) is 0 Å². The summed E-state index contributed by atoms with van der Waals surface area (Å²) in [6.07, 6.45) is 9.86. The van der Waals surface area contributed by atoms with Gasteiger partial charge in [0.25, 0.3) is 0 Å². The Bertz CT molecular complexity index is 885. The van der Waals surface area contributed by atoms with Gasteiger partial charge in [0.1, 0.15) is 8.07 Å². The molecule has 0 fully saturated rings. The molecule has 2 aromatic carbocycles. The second-order valence-corrected chi connectivity index (χ2v) is 13.9. The number of hydrogen-bond donors (Lipinski definition) is 0. The number of benzene rings is 2. The Kier molecular flexibility index (Phi) is 8.55. The lowest BCUT2D eigenvalue weighted by molar-refractivity contribution is 0.167. The van der Waals surface area contributed by atoms with E-state index in [2.05, 4.69) is 51.2 Å². The third kappa shape index (κ3) is 4.69. The van der Waals surface area contributed by atoms with Crippen LogP contribution in [-0.2, 0) is 35.5 Å². The van der Waals surface area contributed by atoms with Crippen molar-refractivity contribution < 1.29 is 9.47 Å². The van der Waals surface area contributed by atoms with Gasteiger partial charge in [-0.25, -0.2) is 0 Å². The summed E-state index contributed by atoms with van der Waals surface area (Å²) in [6, 6.07) is 9.24. The van der Waals surface area contributed by atoms with Gasteiger partial charge < -0.3 is 9.47 Å². The summed E-state index contributed by atoms with van der Waals surface area (Å²) in [6.45, 7) is 11.1. The highest BCUT2D eigenvalue weighted by Gasteiger charge is 2.42. The average Bonchev–Trinajstić information content (AvgIpc) is 3.00. The van der Waals surface area contributed by atoms with Gasteiger partial charge >= 0.3 is 0 Å². The highest BCUT2D eigenvalue weighted by Crippen LogP contribution is 2.38. The van der Waals surface area contributed by atoms with Gasteiger partial charge in [0, 0.05) is 14.2 Å². The predicted molar refractivity (Wildman–Crippen MR) is 137 cm³/mol. The van der Waals surface area contributed by atoms with E-state index in [9.17, 15) is 0 Å². The van der Waals surface area contributed by atoms with E-state index >= 15 is 0 Å². The molecule has 1 aliphatic heterocycles. The van der Waals surface area contributed by atoms with E-state index in [1.807, 2.05) is 14.2 Å². The van der Waals surface area contributed by atoms with Crippen molar-refractivity contribution in [2.75, 3.05) is 14.2 Å². The Morgan fingerprint density at radius 2 is 1.26 bits per heavy atom. The predicted octanol–water partition coefficient (Wildman–Crippen LogP) is 6.25. The summed E-state index contributed by atoms with van der Waals surface area (Å²) in [5.74, 6) is 0. The first-order chi connectivity index (χ1) is 15.0. The molecule has 0 saturated carbocycles. The Morgan fingerprint density at radius 3 is 1.84 bits per heavy atom. The zero-order valence-electron chi connectivity index (χ0n) is 20.7. The van der Waals surface area contributed by atoms with E-state index in [1.165, 1.54) is 55.2 Å². The van der Waals surface area contributed by atoms with Crippen LogP contribution in [0.25, 0.3) is 11.1 Å². The van der Waals surface area contributed by atoms with Crippen LogP contribution in [-0.4, -0.2) is 22.3 Å². The van der Waals surface area contributed by atoms with Crippen LogP contribution in [0.2, 0.25) is 13.1 Å². The third-order valence-electron chi connectivity index (χ3n) is 7.08. The number of hydrogen-bond acceptors (Lipinski definition) is 2. The van der Waals surface area contributed by atoms with Crippen molar-refractivity contribution in [3.63, 3.8) is 0 Å². The molecule has 0 bridgehead atoms. The molecule has 1 heterocycles. The number of methoxy groups -OCH3 is 2. The van der Waals surface area contributed by atoms with Crippen LogP contribution in [0, 0.1) is 0 Å². The van der Waals surface area contributed by atoms with Crippen molar-refractivity contribution >= 4 is 18.4 Å². The van der Waals surface area contributed by atoms with Crippen molar-refractivity contribution in [2.45, 2.75) is 91.5 Å². The van der Waals surface area contributed by atoms with Crippen LogP contribution in [0.1, 0.15) is 74.6 Å². The summed E-state index contributed by atoms with van der Waals surface area (Å²) in [7, 11) is 1.91. The van der Waals surface area contributed by atoms with Gasteiger partial charge in [0.05, 0.1) is 13.2 Å². The van der Waals surface area contributed by atoms with E-state index in [0.717, 1.165) is 12.8 Å². The van der Waals surface area contributed by atoms with Crippen molar-refractivity contribution in [1.29, 1.82) is 0 Å². The molecule has 0 atom stereocenters. The molecule has 0 spiro atoms. The zero-order valence-corrected chi connectivity index (χ0v) is 21.7. The molecule has 2 aromatic rings. The molecule has 0 amide bonds. The molecule has 0 N–H and O–H groups in total. The number of ether oxygens (including phenoxy) is 2. The minimum Gasteiger partial charge on any atom is -0.380 e. The summed E-state index contributed by atoms with van der Waals surface area (Å²) in [5.41, 5.74) is 9.04. The molecule has 0 saturated heterocycles. The van der Waals surface area contributed by atoms with E-state index in [-0.39, 0.29) is 0 Å². The highest BCUT2D eigenvalue weighted by molar-refractivity contribution is 7.04. The van der Waals surface area contributed by atoms with Crippen LogP contribution in [0.5, 0.6) is 0 Å². The first-order valence-electron chi connectivity index (χ1n) is 12.3. The molecule has 3 rings (SSSR count). The quantitative estimate of drug-likeness (QED) is 0.288. The second-order valence-electron chi connectivity index (χ2n) is 9.62. The standard InChI is InChI=1S/C28H42O2Si/c1-7-9-11-15-21-24(19-29-3)25(20-30-4)22(16-12-10-8-2)28-27(21)23-17-13-14-18-26(23)31(28,5)6/h13-14,17-18H,7-12,15-16,19-20H2,1-6H3. The maximum Gasteiger partial charge on any atom is 0.114 e. The molecular weight excluding hydrogens is 396 g/mol. The molecule has 170 valence electrons. The minimum absolute atomic E-state index is 0.679. The first kappa shape index (κ1) is 24.2. The lowest BCUT2D eigenvalue weighted by atomic mass is 9.85. The molecule has 31 heavy (non-hydrogen) atoms. The summed E-state index contributed by atoms with van der Waals surface area (Å²) >= 11 is 0. The lowest BCUT2D eigenvalue weighted by Gasteiger charge is -2.28. The summed E-state index contributed by atoms with van der Waals surface area (Å²) < 4.78 is 11.6. The third-order valence-corrected chi connectivity index (χ3v) is 10.7. The number of rotatable bonds is 12. The number of fused-ring (bicyclic) bond motifs is 3. The Balaban J connectivity index is 2.33. The van der Waals surface area contributed by atoms with Gasteiger partial charge in [-0.3, -0.25) is 0 Å². The van der Waals surface area contributed by atoms with E-state index in [0.29, 0.717) is 13.2 Å². The van der Waals surface area contributed by atoms with Crippen LogP contribution in [0.4, 0.5) is 0 Å². The average molecular weight is 439 g/mol. The second kappa shape index (κ2) is 10.9. The maximum atomic E-state index is 5.81. The van der Waals surface area contributed by atoms with Crippen molar-refractivity contribution in [3.05, 3.63) is 46.5 Å². The normalized spacial score (nSPS) is 14.0. The molecule has 2 nitrogen and oxygen atoms in total. The van der Waals surface area contributed by atoms with Crippen LogP contribution in [0.15, 0.2) is 24.3 Å². The zero-order chi connectivity index (χ0) is 22.4. The van der Waals surface area contributed by atoms with Crippen molar-refractivity contribution in [1.82, 2.24) is 0 Å². The largest absolute Gasteiger partial charge is 0.380 e. The maximum absolute atomic E-state index is 5.81. The molecule has 0 unspecified atom stereocenters. The molecular formula is C28H42O2Si. The monoisotopic (exact) mass is 438 g/mol. The molecule has 0 aliphatic carbocycles. The molecule has 3 heteroatoms. The lowest BCUT2D eigenvalue weighted by Crippen LogP contribution is -2.51. The fraction of sp³-hybridized carbons (Fsp3) is 0.571. The van der Waals surface area contributed by atoms with Crippen molar-refractivity contribution in [3.8, 4) is 11.1 Å². The van der Waals surface area contributed by atoms with Crippen LogP contribution in [0.3, 0.4) is 0 Å². The van der Waals surface area contributed by atoms with Gasteiger partial charge in [0.15, 0.2) is 0 Å². The van der Waals surface area contributed by atoms with Crippen LogP contribution >= 0.6 is 0 Å². The van der Waals surface area contributed by atoms with E-state index in [4.69, 9.17) is 9.47 Å². The van der Waals surface area contributed by atoms with E-state index < -0.39 is 8.07 Å². The topological polar surface area (TPSA) is 18.5 Å². The highest BCUT2D eigenvalue weighted by atomic mass is 28.3. The SMILES string of the molecule is CCCCCc1c(COC)c(COC)c(CCCCC)c2c1-c1ccccc1[Si]2(C)C. The van der Waals surface area contributed by atoms with Gasteiger partial charge in [-0.1, -0.05) is 76.9 Å². The number of unbranched alkanes of at least 4 members (excludes halogenated alkanes) is 4. The van der Waals surface area contributed by atoms with E-state index in [1.54, 1.807) is 27.1 Å². The Labute approximate surface area is 191 Å². The fourth-order valence-electron chi connectivity index (χ4n) is 5.63. The Morgan fingerprint density at radius 1 is 0.710 bits per heavy atom. The van der Waals surface area contributed by atoms with Gasteiger partial charge in [-0.2, -0.15) is 0 Å². The fourth-order valence-corrected chi connectivity index (χ4v) is 9.23. The van der Waals surface area contributed by atoms with Gasteiger partial charge in [-0.15, -0.1) is 0 Å². The summed E-state index contributed by atoms with van der Waals surface area (Å²) in [4.78, 5) is 0. The summed E-state index contributed by atoms with van der Waals surface area (Å²) in [5, 5.41) is 3.31. The minimum atomic E-state index is -1.77. The molecule has 0 aromatic heterocycles. The van der Waals surface area contributed by atoms with Gasteiger partial charge in [-0.05, 0) is 69.4 Å². The smallest absolute Gasteiger partial charge is 0.114 e. The van der Waals surface area contributed by atoms with Crippen LogP contribution < -0.4 is 10.4 Å². The molecule has 1 aliphatic rings.